The smallest absolute Gasteiger partial charge is 0.245 e. The normalized spacial score (nSPS) is 15.2. The van der Waals surface area contributed by atoms with E-state index in [9.17, 15) is 9.59 Å². The van der Waals surface area contributed by atoms with Crippen LogP contribution in [-0.4, -0.2) is 63.8 Å². The van der Waals surface area contributed by atoms with Gasteiger partial charge in [0.25, 0.3) is 0 Å². The van der Waals surface area contributed by atoms with Crippen molar-refractivity contribution in [3.63, 3.8) is 0 Å². The summed E-state index contributed by atoms with van der Waals surface area (Å²) in [5, 5.41) is 3.25. The second kappa shape index (κ2) is 8.82. The average Bonchev–Trinajstić information content (AvgIpc) is 2.67. The van der Waals surface area contributed by atoms with Crippen molar-refractivity contribution in [2.45, 2.75) is 33.2 Å². The largest absolute Gasteiger partial charge is 0.342 e. The van der Waals surface area contributed by atoms with Crippen LogP contribution in [0.15, 0.2) is 36.4 Å². The number of carbonyl (C=O) groups excluding carboxylic acids is 2. The molecule has 1 fully saturated rings. The number of nitrogens with zero attached hydrogens (tertiary/aromatic N) is 4. The van der Waals surface area contributed by atoms with Crippen LogP contribution in [0.5, 0.6) is 0 Å². The highest BCUT2D eigenvalue weighted by Gasteiger charge is 2.29. The quantitative estimate of drug-likeness (QED) is 0.855. The minimum absolute atomic E-state index is 0.00909. The minimum atomic E-state index is -0.465. The van der Waals surface area contributed by atoms with E-state index in [2.05, 4.69) is 15.3 Å². The topological polar surface area (TPSA) is 78.4 Å². The van der Waals surface area contributed by atoms with Gasteiger partial charge in [-0.15, -0.1) is 0 Å². The zero-order valence-corrected chi connectivity index (χ0v) is 16.7. The van der Waals surface area contributed by atoms with Crippen molar-refractivity contribution in [3.05, 3.63) is 53.3 Å². The van der Waals surface area contributed by atoms with Crippen molar-refractivity contribution >= 4 is 17.8 Å². The van der Waals surface area contributed by atoms with Crippen LogP contribution in [0.2, 0.25) is 0 Å². The van der Waals surface area contributed by atoms with Crippen LogP contribution in [0.1, 0.15) is 23.9 Å². The summed E-state index contributed by atoms with van der Waals surface area (Å²) < 4.78 is 0. The number of hydrogen-bond donors (Lipinski definition) is 1. The Morgan fingerprint density at radius 2 is 1.57 bits per heavy atom. The highest BCUT2D eigenvalue weighted by atomic mass is 16.2. The van der Waals surface area contributed by atoms with Crippen molar-refractivity contribution in [3.8, 4) is 0 Å². The maximum absolute atomic E-state index is 13.3. The summed E-state index contributed by atoms with van der Waals surface area (Å²) >= 11 is 0. The Balaban J connectivity index is 1.77. The van der Waals surface area contributed by atoms with Crippen LogP contribution in [0.3, 0.4) is 0 Å². The second-order valence-corrected chi connectivity index (χ2v) is 7.19. The number of amides is 2. The Morgan fingerprint density at radius 3 is 2.14 bits per heavy atom. The maximum atomic E-state index is 13.3. The minimum Gasteiger partial charge on any atom is -0.342 e. The van der Waals surface area contributed by atoms with Crippen LogP contribution in [0.4, 0.5) is 5.95 Å². The van der Waals surface area contributed by atoms with Crippen LogP contribution >= 0.6 is 0 Å². The van der Waals surface area contributed by atoms with Gasteiger partial charge in [-0.1, -0.05) is 30.3 Å². The van der Waals surface area contributed by atoms with Crippen molar-refractivity contribution in [2.75, 3.05) is 31.5 Å². The van der Waals surface area contributed by atoms with E-state index in [1.807, 2.05) is 55.1 Å². The van der Waals surface area contributed by atoms with E-state index < -0.39 is 6.04 Å². The number of piperazine rings is 1. The van der Waals surface area contributed by atoms with E-state index in [1.165, 1.54) is 0 Å². The Morgan fingerprint density at radius 1 is 1.00 bits per heavy atom. The molecule has 1 atom stereocenters. The standard InChI is InChI=1S/C21H27N5O2/c1-15-13-16(2)23-21(22-15)24-19(14-18-7-5-4-6-8-18)20(28)26-11-9-25(10-12-26)17(3)27/h4-8,13,19H,9-12,14H2,1-3H3,(H,22,23,24)/t19-/m1/s1. The van der Waals surface area contributed by atoms with Crippen LogP contribution in [-0.2, 0) is 16.0 Å². The summed E-state index contributed by atoms with van der Waals surface area (Å²) in [6.45, 7) is 7.61. The first-order valence-corrected chi connectivity index (χ1v) is 9.59. The molecule has 1 aliphatic heterocycles. The zero-order valence-electron chi connectivity index (χ0n) is 16.7. The molecule has 1 aromatic carbocycles. The Hall–Kier alpha value is -2.96. The van der Waals surface area contributed by atoms with Gasteiger partial charge in [0.05, 0.1) is 0 Å². The van der Waals surface area contributed by atoms with E-state index >= 15 is 0 Å². The summed E-state index contributed by atoms with van der Waals surface area (Å²) in [5.74, 6) is 0.527. The molecule has 2 amide bonds. The van der Waals surface area contributed by atoms with Gasteiger partial charge >= 0.3 is 0 Å². The van der Waals surface area contributed by atoms with Crippen LogP contribution < -0.4 is 5.32 Å². The van der Waals surface area contributed by atoms with Gasteiger partial charge < -0.3 is 15.1 Å². The van der Waals surface area contributed by atoms with Gasteiger partial charge in [0, 0.05) is 50.9 Å². The molecule has 0 radical (unpaired) electrons. The van der Waals surface area contributed by atoms with E-state index in [1.54, 1.807) is 11.8 Å². The fourth-order valence-corrected chi connectivity index (χ4v) is 3.46. The lowest BCUT2D eigenvalue weighted by atomic mass is 10.0. The summed E-state index contributed by atoms with van der Waals surface area (Å²) in [7, 11) is 0. The number of hydrogen-bond acceptors (Lipinski definition) is 5. The Kier molecular flexibility index (Phi) is 6.23. The number of carbonyl (C=O) groups is 2. The highest BCUT2D eigenvalue weighted by molar-refractivity contribution is 5.85. The molecule has 2 aromatic rings. The molecule has 1 aromatic heterocycles. The molecule has 0 spiro atoms. The number of aryl methyl sites for hydroxylation is 2. The number of nitrogens with one attached hydrogen (secondary N) is 1. The Labute approximate surface area is 165 Å². The molecular formula is C21H27N5O2. The zero-order chi connectivity index (χ0) is 20.1. The molecule has 28 heavy (non-hydrogen) atoms. The molecule has 2 heterocycles. The molecule has 3 rings (SSSR count). The molecule has 0 bridgehead atoms. The van der Waals surface area contributed by atoms with E-state index in [-0.39, 0.29) is 11.8 Å². The SMILES string of the molecule is CC(=O)N1CCN(C(=O)[C@@H](Cc2ccccc2)Nc2nc(C)cc(C)n2)CC1. The van der Waals surface area contributed by atoms with Crippen molar-refractivity contribution in [1.82, 2.24) is 19.8 Å². The molecule has 7 nitrogen and oxygen atoms in total. The van der Waals surface area contributed by atoms with Crippen molar-refractivity contribution < 1.29 is 9.59 Å². The van der Waals surface area contributed by atoms with Gasteiger partial charge in [0.1, 0.15) is 6.04 Å². The highest BCUT2D eigenvalue weighted by Crippen LogP contribution is 2.13. The summed E-state index contributed by atoms with van der Waals surface area (Å²) in [6.07, 6.45) is 0.545. The monoisotopic (exact) mass is 381 g/mol. The van der Waals surface area contributed by atoms with Gasteiger partial charge in [0.2, 0.25) is 17.8 Å². The van der Waals surface area contributed by atoms with Crippen molar-refractivity contribution in [2.24, 2.45) is 0 Å². The van der Waals surface area contributed by atoms with Crippen LogP contribution in [0, 0.1) is 13.8 Å². The molecule has 1 saturated heterocycles. The van der Waals surface area contributed by atoms with Gasteiger partial charge in [0.15, 0.2) is 0 Å². The molecule has 0 unspecified atom stereocenters. The number of rotatable bonds is 5. The van der Waals surface area contributed by atoms with Crippen molar-refractivity contribution in [1.29, 1.82) is 0 Å². The third-order valence-corrected chi connectivity index (χ3v) is 4.90. The molecule has 148 valence electrons. The third kappa shape index (κ3) is 5.06. The lowest BCUT2D eigenvalue weighted by Gasteiger charge is -2.36. The molecule has 7 heteroatoms. The first kappa shape index (κ1) is 19.8. The second-order valence-electron chi connectivity index (χ2n) is 7.19. The van der Waals surface area contributed by atoms with E-state index in [4.69, 9.17) is 0 Å². The molecule has 1 N–H and O–H groups in total. The maximum Gasteiger partial charge on any atom is 0.245 e. The molecular weight excluding hydrogens is 354 g/mol. The number of benzene rings is 1. The average molecular weight is 381 g/mol. The lowest BCUT2D eigenvalue weighted by molar-refractivity contribution is -0.138. The van der Waals surface area contributed by atoms with Gasteiger partial charge in [-0.3, -0.25) is 9.59 Å². The fourth-order valence-electron chi connectivity index (χ4n) is 3.46. The van der Waals surface area contributed by atoms with Crippen LogP contribution in [0.25, 0.3) is 0 Å². The first-order valence-electron chi connectivity index (χ1n) is 9.59. The van der Waals surface area contributed by atoms with Gasteiger partial charge in [-0.2, -0.15) is 0 Å². The predicted molar refractivity (Wildman–Crippen MR) is 108 cm³/mol. The lowest BCUT2D eigenvalue weighted by Crippen LogP contribution is -2.54. The predicted octanol–water partition coefficient (Wildman–Crippen LogP) is 1.81. The third-order valence-electron chi connectivity index (χ3n) is 4.90. The first-order chi connectivity index (χ1) is 13.4. The van der Waals surface area contributed by atoms with Gasteiger partial charge in [-0.25, -0.2) is 9.97 Å². The van der Waals surface area contributed by atoms with E-state index in [0.29, 0.717) is 38.5 Å². The number of aromatic nitrogens is 2. The molecule has 1 aliphatic rings. The summed E-state index contributed by atoms with van der Waals surface area (Å²) in [6, 6.07) is 11.4. The summed E-state index contributed by atoms with van der Waals surface area (Å²) in [4.78, 5) is 37.3. The van der Waals surface area contributed by atoms with E-state index in [0.717, 1.165) is 17.0 Å². The summed E-state index contributed by atoms with van der Waals surface area (Å²) in [5.41, 5.74) is 2.78. The Bertz CT molecular complexity index is 812. The fraction of sp³-hybridized carbons (Fsp3) is 0.429. The molecule has 0 saturated carbocycles. The number of anilines is 1. The molecule has 0 aliphatic carbocycles. The van der Waals surface area contributed by atoms with Gasteiger partial charge in [-0.05, 0) is 25.5 Å².